The zero-order chi connectivity index (χ0) is 25.3. The number of halogens is 1. The highest BCUT2D eigenvalue weighted by Gasteiger charge is 2.64. The van der Waals surface area contributed by atoms with Crippen molar-refractivity contribution in [2.75, 3.05) is 24.0 Å². The molecule has 2 aromatic rings. The number of para-hydroxylation sites is 2. The Morgan fingerprint density at radius 3 is 2.31 bits per heavy atom. The van der Waals surface area contributed by atoms with Gasteiger partial charge in [0.05, 0.1) is 12.8 Å². The molecule has 180 valence electrons. The maximum absolute atomic E-state index is 14.2. The van der Waals surface area contributed by atoms with Crippen molar-refractivity contribution >= 4 is 45.0 Å². The van der Waals surface area contributed by atoms with Gasteiger partial charge in [0.25, 0.3) is 0 Å². The SMILES string of the molecule is COC(=O)C1=C(N)N(c2ccccc2Br)C2=C(C(=O)CC(C)(C)C2)C12C(=O)N(C)c1ccccc12. The molecule has 0 aromatic heterocycles. The van der Waals surface area contributed by atoms with E-state index in [2.05, 4.69) is 15.9 Å². The molecule has 0 saturated carbocycles. The summed E-state index contributed by atoms with van der Waals surface area (Å²) in [6, 6.07) is 14.7. The third-order valence-corrected chi connectivity index (χ3v) is 7.82. The van der Waals surface area contributed by atoms with Crippen molar-refractivity contribution in [3.05, 3.63) is 81.2 Å². The molecule has 2 aliphatic heterocycles. The molecule has 8 heteroatoms. The van der Waals surface area contributed by atoms with Gasteiger partial charge in [0.15, 0.2) is 5.78 Å². The number of likely N-dealkylation sites (N-methyl/N-ethyl adjacent to an activating group) is 1. The molecule has 0 fully saturated rings. The Bertz CT molecular complexity index is 1380. The van der Waals surface area contributed by atoms with Gasteiger partial charge in [-0.1, -0.05) is 44.2 Å². The quantitative estimate of drug-likeness (QED) is 0.580. The predicted molar refractivity (Wildman–Crippen MR) is 136 cm³/mol. The fourth-order valence-corrected chi connectivity index (χ4v) is 6.25. The van der Waals surface area contributed by atoms with Crippen LogP contribution in [0.25, 0.3) is 0 Å². The van der Waals surface area contributed by atoms with E-state index >= 15 is 0 Å². The summed E-state index contributed by atoms with van der Waals surface area (Å²) in [4.78, 5) is 44.9. The summed E-state index contributed by atoms with van der Waals surface area (Å²) in [5, 5.41) is 0. The third-order valence-electron chi connectivity index (χ3n) is 7.15. The average molecular weight is 536 g/mol. The summed E-state index contributed by atoms with van der Waals surface area (Å²) >= 11 is 3.60. The molecule has 0 bridgehead atoms. The van der Waals surface area contributed by atoms with Crippen LogP contribution in [-0.2, 0) is 24.5 Å². The maximum atomic E-state index is 14.2. The number of ketones is 1. The van der Waals surface area contributed by atoms with E-state index in [1.807, 2.05) is 50.2 Å². The number of amides is 1. The van der Waals surface area contributed by atoms with Crippen LogP contribution in [-0.4, -0.2) is 31.8 Å². The lowest BCUT2D eigenvalue weighted by molar-refractivity contribution is -0.138. The Morgan fingerprint density at radius 1 is 1.03 bits per heavy atom. The van der Waals surface area contributed by atoms with Crippen LogP contribution in [0.2, 0.25) is 0 Å². The molecule has 2 aromatic carbocycles. The molecule has 0 saturated heterocycles. The van der Waals surface area contributed by atoms with Crippen molar-refractivity contribution in [1.82, 2.24) is 0 Å². The van der Waals surface area contributed by atoms with Crippen LogP contribution in [0.4, 0.5) is 11.4 Å². The first kappa shape index (κ1) is 23.4. The van der Waals surface area contributed by atoms with Gasteiger partial charge in [-0.05, 0) is 46.0 Å². The lowest BCUT2D eigenvalue weighted by atomic mass is 9.60. The Kier molecular flexibility index (Phi) is 5.21. The lowest BCUT2D eigenvalue weighted by Crippen LogP contribution is -2.55. The fraction of sp³-hybridized carbons (Fsp3) is 0.296. The first-order valence-electron chi connectivity index (χ1n) is 11.3. The third kappa shape index (κ3) is 3.05. The number of allylic oxidation sites excluding steroid dienone is 1. The first-order valence-corrected chi connectivity index (χ1v) is 12.1. The smallest absolute Gasteiger partial charge is 0.339 e. The Hall–Kier alpha value is -3.39. The summed E-state index contributed by atoms with van der Waals surface area (Å²) in [6.45, 7) is 4.04. The van der Waals surface area contributed by atoms with E-state index in [0.29, 0.717) is 34.6 Å². The molecule has 35 heavy (non-hydrogen) atoms. The standard InChI is InChI=1S/C27H26BrN3O4/c1-26(2)13-19-21(20(32)14-26)27(15-9-5-7-11-17(15)30(3)25(27)34)22(24(33)35-4)23(29)31(19)18-12-8-6-10-16(18)28/h5-12H,13-14,29H2,1-4H3. The van der Waals surface area contributed by atoms with Gasteiger partial charge in [0.2, 0.25) is 5.91 Å². The number of carbonyl (C=O) groups excluding carboxylic acids is 3. The van der Waals surface area contributed by atoms with E-state index in [1.54, 1.807) is 24.1 Å². The highest BCUT2D eigenvalue weighted by atomic mass is 79.9. The van der Waals surface area contributed by atoms with Gasteiger partial charge < -0.3 is 15.4 Å². The minimum absolute atomic E-state index is 0.0376. The zero-order valence-corrected chi connectivity index (χ0v) is 21.6. The zero-order valence-electron chi connectivity index (χ0n) is 20.0. The second-order valence-electron chi connectivity index (χ2n) is 9.93. The van der Waals surface area contributed by atoms with Crippen LogP contribution in [0.15, 0.2) is 75.7 Å². The maximum Gasteiger partial charge on any atom is 0.339 e. The van der Waals surface area contributed by atoms with Gasteiger partial charge >= 0.3 is 5.97 Å². The molecular formula is C27H26BrN3O4. The minimum atomic E-state index is -1.68. The molecule has 3 aliphatic rings. The highest BCUT2D eigenvalue weighted by Crippen LogP contribution is 2.58. The number of benzene rings is 2. The predicted octanol–water partition coefficient (Wildman–Crippen LogP) is 4.17. The number of hydrogen-bond acceptors (Lipinski definition) is 6. The second-order valence-corrected chi connectivity index (χ2v) is 10.8. The van der Waals surface area contributed by atoms with E-state index in [-0.39, 0.29) is 29.0 Å². The van der Waals surface area contributed by atoms with Crippen LogP contribution in [0, 0.1) is 5.41 Å². The summed E-state index contributed by atoms with van der Waals surface area (Å²) < 4.78 is 5.93. The molecule has 2 N–H and O–H groups in total. The molecule has 5 rings (SSSR count). The lowest BCUT2D eigenvalue weighted by Gasteiger charge is -2.47. The van der Waals surface area contributed by atoms with Crippen LogP contribution in [0.5, 0.6) is 0 Å². The van der Waals surface area contributed by atoms with Crippen molar-refractivity contribution in [2.24, 2.45) is 11.1 Å². The number of hydrogen-bond donors (Lipinski definition) is 1. The summed E-state index contributed by atoms with van der Waals surface area (Å²) in [6.07, 6.45) is 0.733. The van der Waals surface area contributed by atoms with Crippen molar-refractivity contribution in [1.29, 1.82) is 0 Å². The largest absolute Gasteiger partial charge is 0.466 e. The number of carbonyl (C=O) groups is 3. The normalized spacial score (nSPS) is 23.1. The van der Waals surface area contributed by atoms with Crippen molar-refractivity contribution in [3.63, 3.8) is 0 Å². The number of nitrogens with two attached hydrogens (primary N) is 1. The van der Waals surface area contributed by atoms with E-state index in [4.69, 9.17) is 10.5 Å². The number of anilines is 2. The van der Waals surface area contributed by atoms with Crippen LogP contribution < -0.4 is 15.5 Å². The van der Waals surface area contributed by atoms with Crippen LogP contribution in [0.3, 0.4) is 0 Å². The van der Waals surface area contributed by atoms with E-state index in [0.717, 1.165) is 4.47 Å². The van der Waals surface area contributed by atoms with Gasteiger partial charge in [-0.2, -0.15) is 0 Å². The van der Waals surface area contributed by atoms with Gasteiger partial charge in [0, 0.05) is 40.5 Å². The van der Waals surface area contributed by atoms with E-state index < -0.39 is 17.3 Å². The number of nitrogens with zero attached hydrogens (tertiary/aromatic N) is 2. The first-order chi connectivity index (χ1) is 16.6. The summed E-state index contributed by atoms with van der Waals surface area (Å²) in [5.74, 6) is -1.25. The Labute approximate surface area is 212 Å². The number of ether oxygens (including phenoxy) is 1. The van der Waals surface area contributed by atoms with E-state index in [9.17, 15) is 14.4 Å². The Morgan fingerprint density at radius 2 is 1.66 bits per heavy atom. The topological polar surface area (TPSA) is 92.9 Å². The molecule has 1 amide bonds. The summed E-state index contributed by atoms with van der Waals surface area (Å²) in [7, 11) is 2.91. The Balaban J connectivity index is 1.97. The fourth-order valence-electron chi connectivity index (χ4n) is 5.79. The molecular weight excluding hydrogens is 510 g/mol. The molecule has 1 atom stereocenters. The van der Waals surface area contributed by atoms with Crippen LogP contribution in [0.1, 0.15) is 32.3 Å². The van der Waals surface area contributed by atoms with Crippen molar-refractivity contribution < 1.29 is 19.1 Å². The molecule has 2 heterocycles. The number of esters is 1. The monoisotopic (exact) mass is 535 g/mol. The molecule has 0 radical (unpaired) electrons. The number of Topliss-reactive ketones (excluding diaryl/α,β-unsaturated/α-hetero) is 1. The van der Waals surface area contributed by atoms with Crippen molar-refractivity contribution in [3.8, 4) is 0 Å². The number of fused-ring (bicyclic) bond motifs is 3. The van der Waals surface area contributed by atoms with Gasteiger partial charge in [-0.3, -0.25) is 14.5 Å². The number of rotatable bonds is 2. The van der Waals surface area contributed by atoms with Gasteiger partial charge in [-0.15, -0.1) is 0 Å². The number of methoxy groups -OCH3 is 1. The summed E-state index contributed by atoms with van der Waals surface area (Å²) in [5.41, 5.74) is 7.53. The van der Waals surface area contributed by atoms with Gasteiger partial charge in [-0.25, -0.2) is 4.79 Å². The van der Waals surface area contributed by atoms with Crippen LogP contribution >= 0.6 is 15.9 Å². The molecule has 1 spiro atoms. The molecule has 1 unspecified atom stereocenters. The molecule has 1 aliphatic carbocycles. The highest BCUT2D eigenvalue weighted by molar-refractivity contribution is 9.10. The minimum Gasteiger partial charge on any atom is -0.466 e. The van der Waals surface area contributed by atoms with E-state index in [1.165, 1.54) is 12.0 Å². The van der Waals surface area contributed by atoms with Gasteiger partial charge in [0.1, 0.15) is 16.8 Å². The van der Waals surface area contributed by atoms with Crippen molar-refractivity contribution in [2.45, 2.75) is 32.1 Å². The average Bonchev–Trinajstić information content (AvgIpc) is 3.02. The second kappa shape index (κ2) is 7.81. The molecule has 7 nitrogen and oxygen atoms in total.